The van der Waals surface area contributed by atoms with Gasteiger partial charge in [0.05, 0.1) is 0 Å². The van der Waals surface area contributed by atoms with Gasteiger partial charge in [-0.2, -0.15) is 0 Å². The molecule has 11 aromatic carbocycles. The van der Waals surface area contributed by atoms with Gasteiger partial charge in [-0.25, -0.2) is 0 Å². The number of hydrogen-bond acceptors (Lipinski definition) is 0. The molecule has 0 spiro atoms. The summed E-state index contributed by atoms with van der Waals surface area (Å²) >= 11 is 0. The Morgan fingerprint density at radius 1 is 0.259 bits per heavy atom. The Morgan fingerprint density at radius 3 is 0.897 bits per heavy atom. The van der Waals surface area contributed by atoms with Crippen molar-refractivity contribution in [3.05, 3.63) is 181 Å². The fourth-order valence-electron chi connectivity index (χ4n) is 9.74. The molecule has 0 aromatic heterocycles. The molecular weight excluding hydrogens is 697 g/mol. The Morgan fingerprint density at radius 2 is 0.569 bits per heavy atom. The van der Waals surface area contributed by atoms with Crippen molar-refractivity contribution in [2.75, 3.05) is 0 Å². The molecule has 0 amide bonds. The third-order valence-electron chi connectivity index (χ3n) is 12.8. The Kier molecular flexibility index (Phi) is 7.48. The normalized spacial score (nSPS) is 12.7. The first-order valence-corrected chi connectivity index (χ1v) is 20.7. The van der Waals surface area contributed by atoms with E-state index in [4.69, 9.17) is 0 Å². The first kappa shape index (κ1) is 34.7. The topological polar surface area (TPSA) is 0 Å². The second kappa shape index (κ2) is 12.5. The average molecular weight is 743 g/mol. The summed E-state index contributed by atoms with van der Waals surface area (Å²) in [7, 11) is 0. The summed E-state index contributed by atoms with van der Waals surface area (Å²) in [5.41, 5.74) is 12.9. The van der Waals surface area contributed by atoms with Crippen molar-refractivity contribution >= 4 is 64.6 Å². The lowest BCUT2D eigenvalue weighted by molar-refractivity contribution is 0.591. The molecule has 0 bridgehead atoms. The summed E-state index contributed by atoms with van der Waals surface area (Å²) in [5.74, 6) is 0. The highest BCUT2D eigenvalue weighted by molar-refractivity contribution is 6.30. The molecule has 0 unspecified atom stereocenters. The summed E-state index contributed by atoms with van der Waals surface area (Å²) in [5, 5.41) is 15.8. The summed E-state index contributed by atoms with van der Waals surface area (Å²) < 4.78 is 0. The molecular formula is C58H46. The van der Waals surface area contributed by atoms with E-state index in [-0.39, 0.29) is 10.8 Å². The fourth-order valence-corrected chi connectivity index (χ4v) is 9.74. The largest absolute Gasteiger partial charge is 0.0622 e. The van der Waals surface area contributed by atoms with Gasteiger partial charge in [0.2, 0.25) is 0 Å². The fraction of sp³-hybridized carbons (Fsp3) is 0.138. The minimum atomic E-state index is 0.0616. The number of benzene rings is 11. The highest BCUT2D eigenvalue weighted by Gasteiger charge is 2.23. The van der Waals surface area contributed by atoms with Crippen LogP contribution in [-0.2, 0) is 10.8 Å². The first-order chi connectivity index (χ1) is 28.0. The van der Waals surface area contributed by atoms with Crippen LogP contribution in [0.25, 0.3) is 109 Å². The quantitative estimate of drug-likeness (QED) is 0.158. The predicted octanol–water partition coefficient (Wildman–Crippen LogP) is 16.7. The molecule has 58 heavy (non-hydrogen) atoms. The van der Waals surface area contributed by atoms with Crippen molar-refractivity contribution in [3.8, 4) is 44.5 Å². The van der Waals surface area contributed by atoms with Crippen molar-refractivity contribution in [2.24, 2.45) is 0 Å². The Hall–Kier alpha value is -6.50. The Balaban J connectivity index is 1.19. The van der Waals surface area contributed by atoms with Gasteiger partial charge in [0, 0.05) is 0 Å². The molecule has 0 atom stereocenters. The highest BCUT2D eigenvalue weighted by Crippen LogP contribution is 2.48. The lowest BCUT2D eigenvalue weighted by atomic mass is 9.81. The zero-order valence-electron chi connectivity index (χ0n) is 34.2. The minimum Gasteiger partial charge on any atom is -0.0622 e. The van der Waals surface area contributed by atoms with Crippen molar-refractivity contribution < 1.29 is 0 Å². The summed E-state index contributed by atoms with van der Waals surface area (Å²) in [6.07, 6.45) is 0. The van der Waals surface area contributed by atoms with Gasteiger partial charge in [-0.1, -0.05) is 193 Å². The molecule has 0 aliphatic rings. The van der Waals surface area contributed by atoms with Crippen LogP contribution in [0, 0.1) is 0 Å². The van der Waals surface area contributed by atoms with Gasteiger partial charge in [0.1, 0.15) is 0 Å². The summed E-state index contributed by atoms with van der Waals surface area (Å²) in [6, 6.07) is 64.6. The molecule has 11 aromatic rings. The number of rotatable bonds is 4. The van der Waals surface area contributed by atoms with E-state index in [1.54, 1.807) is 0 Å². The molecule has 11 rings (SSSR count). The highest BCUT2D eigenvalue weighted by atomic mass is 14.3. The zero-order chi connectivity index (χ0) is 39.5. The van der Waals surface area contributed by atoms with Gasteiger partial charge in [0.15, 0.2) is 0 Å². The molecule has 0 saturated heterocycles. The molecule has 0 radical (unpaired) electrons. The minimum absolute atomic E-state index is 0.0616. The molecule has 0 N–H and O–H groups in total. The molecule has 0 aliphatic carbocycles. The van der Waals surface area contributed by atoms with Crippen LogP contribution in [0.15, 0.2) is 170 Å². The molecule has 0 heteroatoms. The maximum Gasteiger partial charge on any atom is -0.00143 e. The van der Waals surface area contributed by atoms with Crippen LogP contribution in [0.2, 0.25) is 0 Å². The molecule has 0 fully saturated rings. The second-order valence-corrected chi connectivity index (χ2v) is 18.6. The summed E-state index contributed by atoms with van der Waals surface area (Å²) in [6.45, 7) is 13.9. The van der Waals surface area contributed by atoms with Gasteiger partial charge in [-0.15, -0.1) is 0 Å². The van der Waals surface area contributed by atoms with E-state index in [0.717, 1.165) is 0 Å². The van der Waals surface area contributed by atoms with Crippen molar-refractivity contribution in [1.29, 1.82) is 0 Å². The van der Waals surface area contributed by atoms with Crippen molar-refractivity contribution in [2.45, 2.75) is 52.4 Å². The summed E-state index contributed by atoms with van der Waals surface area (Å²) in [4.78, 5) is 0. The van der Waals surface area contributed by atoms with Crippen LogP contribution in [0.4, 0.5) is 0 Å². The van der Waals surface area contributed by atoms with Crippen LogP contribution in [0.1, 0.15) is 52.7 Å². The third-order valence-corrected chi connectivity index (χ3v) is 12.8. The van der Waals surface area contributed by atoms with Crippen molar-refractivity contribution in [1.82, 2.24) is 0 Å². The third kappa shape index (κ3) is 5.35. The molecule has 0 nitrogen and oxygen atoms in total. The molecule has 0 heterocycles. The van der Waals surface area contributed by atoms with E-state index >= 15 is 0 Å². The number of hydrogen-bond donors (Lipinski definition) is 0. The molecule has 0 aliphatic heterocycles. The van der Waals surface area contributed by atoms with E-state index in [9.17, 15) is 0 Å². The van der Waals surface area contributed by atoms with E-state index < -0.39 is 0 Å². The average Bonchev–Trinajstić information content (AvgIpc) is 3.24. The maximum absolute atomic E-state index is 2.45. The second-order valence-electron chi connectivity index (χ2n) is 18.6. The van der Waals surface area contributed by atoms with Crippen LogP contribution in [-0.4, -0.2) is 0 Å². The van der Waals surface area contributed by atoms with Gasteiger partial charge >= 0.3 is 0 Å². The van der Waals surface area contributed by atoms with Gasteiger partial charge < -0.3 is 0 Å². The maximum atomic E-state index is 2.45. The van der Waals surface area contributed by atoms with E-state index in [0.29, 0.717) is 0 Å². The van der Waals surface area contributed by atoms with Crippen molar-refractivity contribution in [3.63, 3.8) is 0 Å². The molecule has 0 saturated carbocycles. The lowest BCUT2D eigenvalue weighted by Crippen LogP contribution is -2.10. The van der Waals surface area contributed by atoms with Gasteiger partial charge in [-0.05, 0) is 149 Å². The monoisotopic (exact) mass is 742 g/mol. The van der Waals surface area contributed by atoms with Crippen LogP contribution < -0.4 is 0 Å². The standard InChI is InChI=1S/C58H46/c1-57(2,3)43-29-39-20-24-45-49(35-14-9-7-10-15-35)33-51(47-26-22-41(31-43)53(39)55(45)47)37-18-13-19-38(28-37)52-34-50(36-16-11-8-12-17-36)46-25-21-40-30-44(58(4,5)6)32-42-23-27-48(52)56(46)54(40)42/h7-34H,1-6H3. The zero-order valence-corrected chi connectivity index (χ0v) is 34.2. The predicted molar refractivity (Wildman–Crippen MR) is 253 cm³/mol. The first-order valence-electron chi connectivity index (χ1n) is 20.7. The van der Waals surface area contributed by atoms with Crippen LogP contribution in [0.3, 0.4) is 0 Å². The van der Waals surface area contributed by atoms with E-state index in [1.807, 2.05) is 0 Å². The van der Waals surface area contributed by atoms with E-state index in [2.05, 4.69) is 211 Å². The van der Waals surface area contributed by atoms with E-state index in [1.165, 1.54) is 120 Å². The smallest absolute Gasteiger partial charge is 0.00143 e. The van der Waals surface area contributed by atoms with Crippen LogP contribution >= 0.6 is 0 Å². The van der Waals surface area contributed by atoms with Gasteiger partial charge in [-0.3, -0.25) is 0 Å². The lowest BCUT2D eigenvalue weighted by Gasteiger charge is -2.23. The molecule has 278 valence electrons. The van der Waals surface area contributed by atoms with Crippen LogP contribution in [0.5, 0.6) is 0 Å². The Labute approximate surface area is 341 Å². The SMILES string of the molecule is CC(C)(C)c1cc2ccc3c(-c4ccccc4)cc(-c4cccc(-c5cc(-c6ccccc6)c6ccc7cc(C(C)(C)C)cc8ccc5c6c78)c4)c4ccc(c1)c2c34. The Bertz CT molecular complexity index is 3110. The van der Waals surface area contributed by atoms with Gasteiger partial charge in [0.25, 0.3) is 0 Å².